The Morgan fingerprint density at radius 2 is 0.750 bits per heavy atom. The minimum atomic E-state index is 0.331. The molecule has 3 N–H and O–H groups in total. The average molecular weight is 331 g/mol. The monoisotopic (exact) mass is 331 g/mol. The fraction of sp³-hybridized carbons (Fsp3) is 1.00. The molecule has 0 saturated heterocycles. The van der Waals surface area contributed by atoms with Crippen LogP contribution in [0.15, 0.2) is 0 Å². The van der Waals surface area contributed by atoms with Crippen molar-refractivity contribution in [3.05, 3.63) is 0 Å². The topological polar surface area (TPSA) is 77.8 Å². The molecule has 0 aliphatic rings. The van der Waals surface area contributed by atoms with Crippen molar-refractivity contribution in [2.45, 2.75) is 60.8 Å². The van der Waals surface area contributed by atoms with Crippen molar-refractivity contribution < 1.29 is 36.4 Å². The van der Waals surface area contributed by atoms with Gasteiger partial charge in [-0.1, -0.05) is 41.5 Å². The summed E-state index contributed by atoms with van der Waals surface area (Å²) in [5.74, 6) is 1.94. The van der Waals surface area contributed by atoms with Gasteiger partial charge in [-0.05, 0) is 37.0 Å². The Balaban J connectivity index is -0.0000000902. The second-order valence-electron chi connectivity index (χ2n) is 5.72. The fourth-order valence-corrected chi connectivity index (χ4v) is 0.775. The summed E-state index contributed by atoms with van der Waals surface area (Å²) in [7, 11) is 0. The second kappa shape index (κ2) is 27.6. The van der Waals surface area contributed by atoms with Gasteiger partial charge in [0.1, 0.15) is 0 Å². The molecule has 4 nitrogen and oxygen atoms in total. The second-order valence-corrected chi connectivity index (χ2v) is 5.72. The van der Waals surface area contributed by atoms with Crippen LogP contribution in [-0.2, 0) is 21.0 Å². The van der Waals surface area contributed by atoms with Gasteiger partial charge < -0.3 is 15.3 Å². The van der Waals surface area contributed by atoms with Gasteiger partial charge in [0.2, 0.25) is 0 Å². The number of hydrogen-bond donors (Lipinski definition) is 3. The molecule has 0 aromatic rings. The molecule has 5 heteroatoms. The van der Waals surface area contributed by atoms with Crippen molar-refractivity contribution in [2.24, 2.45) is 17.8 Å². The van der Waals surface area contributed by atoms with E-state index in [0.717, 1.165) is 36.6 Å². The van der Waals surface area contributed by atoms with Crippen LogP contribution in [-0.4, -0.2) is 35.1 Å². The summed E-state index contributed by atoms with van der Waals surface area (Å²) in [6.45, 7) is 13.6. The fourth-order valence-electron chi connectivity index (χ4n) is 0.775. The quantitative estimate of drug-likeness (QED) is 0.699. The maximum atomic E-state index is 8.24. The van der Waals surface area contributed by atoms with E-state index in [1.54, 1.807) is 0 Å². The van der Waals surface area contributed by atoms with Crippen molar-refractivity contribution in [1.29, 1.82) is 0 Å². The van der Waals surface area contributed by atoms with E-state index in [0.29, 0.717) is 37.6 Å². The zero-order valence-electron chi connectivity index (χ0n) is 14.2. The van der Waals surface area contributed by atoms with Crippen LogP contribution in [0.5, 0.6) is 0 Å². The Hall–Kier alpha value is 0.264. The first-order valence-electron chi connectivity index (χ1n) is 7.32. The first-order chi connectivity index (χ1) is 9.31. The van der Waals surface area contributed by atoms with Gasteiger partial charge in [-0.25, -0.2) is 0 Å². The van der Waals surface area contributed by atoms with Crippen LogP contribution in [0.3, 0.4) is 0 Å². The third kappa shape index (κ3) is 63.4. The minimum absolute atomic E-state index is 0.331. The Kier molecular flexibility index (Phi) is 39.2. The Morgan fingerprint density at radius 1 is 0.600 bits per heavy atom. The van der Waals surface area contributed by atoms with Crippen LogP contribution in [0.2, 0.25) is 0 Å². The standard InChI is InChI=1S/3C5H12O.O.V/c3*1-5(2)3-4-6;;/h3*5-6H,3-4H2,1-2H3;;. The van der Waals surface area contributed by atoms with Gasteiger partial charge in [-0.3, -0.25) is 0 Å². The molecule has 0 aromatic carbocycles. The first-order valence-corrected chi connectivity index (χ1v) is 7.89. The van der Waals surface area contributed by atoms with Gasteiger partial charge in [-0.2, -0.15) is 0 Å². The van der Waals surface area contributed by atoms with E-state index in [4.69, 9.17) is 19.0 Å². The summed E-state index contributed by atoms with van der Waals surface area (Å²) < 4.78 is 8.19. The van der Waals surface area contributed by atoms with E-state index in [1.165, 1.54) is 0 Å². The molecule has 0 aliphatic heterocycles. The van der Waals surface area contributed by atoms with E-state index < -0.39 is 0 Å². The molecule has 0 saturated carbocycles. The SMILES string of the molecule is CC(C)CCO.CC(C)CCO.CC(C)CCO.[O]=[V]. The molecule has 0 rings (SSSR count). The van der Waals surface area contributed by atoms with Gasteiger partial charge in [-0.15, -0.1) is 0 Å². The molecule has 0 aliphatic carbocycles. The zero-order chi connectivity index (χ0) is 17.0. The van der Waals surface area contributed by atoms with Gasteiger partial charge in [0.05, 0.1) is 0 Å². The molecule has 0 amide bonds. The number of hydrogen-bond acceptors (Lipinski definition) is 4. The maximum absolute atomic E-state index is 8.24. The van der Waals surface area contributed by atoms with E-state index >= 15 is 0 Å². The van der Waals surface area contributed by atoms with Gasteiger partial charge in [0.15, 0.2) is 0 Å². The molecule has 0 unspecified atom stereocenters. The molecular formula is C15H36O4V. The number of aliphatic hydroxyl groups is 3. The average Bonchev–Trinajstić information content (AvgIpc) is 2.32. The normalized spacial score (nSPS) is 9.15. The molecule has 0 heterocycles. The summed E-state index contributed by atoms with van der Waals surface area (Å²) in [5, 5.41) is 24.7. The molecule has 0 fully saturated rings. The van der Waals surface area contributed by atoms with Gasteiger partial charge >= 0.3 is 21.0 Å². The van der Waals surface area contributed by atoms with E-state index in [9.17, 15) is 0 Å². The van der Waals surface area contributed by atoms with Crippen molar-refractivity contribution >= 4 is 0 Å². The summed E-state index contributed by atoms with van der Waals surface area (Å²) >= 11 is 1.06. The molecule has 0 aromatic heterocycles. The summed E-state index contributed by atoms with van der Waals surface area (Å²) in [6, 6.07) is 0. The third-order valence-electron chi connectivity index (χ3n) is 2.12. The summed E-state index contributed by atoms with van der Waals surface area (Å²) in [5.41, 5.74) is 0. The first kappa shape index (κ1) is 28.4. The van der Waals surface area contributed by atoms with Crippen molar-refractivity contribution in [3.8, 4) is 0 Å². The molecule has 0 atom stereocenters. The van der Waals surface area contributed by atoms with Crippen LogP contribution in [0, 0.1) is 17.8 Å². The van der Waals surface area contributed by atoms with Gasteiger partial charge in [0.25, 0.3) is 0 Å². The molecule has 20 heavy (non-hydrogen) atoms. The summed E-state index contributed by atoms with van der Waals surface area (Å²) in [6.07, 6.45) is 2.79. The van der Waals surface area contributed by atoms with E-state index in [-0.39, 0.29) is 0 Å². The zero-order valence-corrected chi connectivity index (χ0v) is 15.6. The predicted octanol–water partition coefficient (Wildman–Crippen LogP) is 2.95. The van der Waals surface area contributed by atoms with E-state index in [2.05, 4.69) is 41.5 Å². The number of rotatable bonds is 6. The van der Waals surface area contributed by atoms with Crippen LogP contribution in [0.1, 0.15) is 60.8 Å². The van der Waals surface area contributed by atoms with Crippen LogP contribution in [0.4, 0.5) is 0 Å². The predicted molar refractivity (Wildman–Crippen MR) is 80.3 cm³/mol. The van der Waals surface area contributed by atoms with Crippen LogP contribution < -0.4 is 0 Å². The van der Waals surface area contributed by atoms with Gasteiger partial charge in [0, 0.05) is 19.8 Å². The molecular weight excluding hydrogens is 295 g/mol. The number of aliphatic hydroxyl groups excluding tert-OH is 3. The Morgan fingerprint density at radius 3 is 0.750 bits per heavy atom. The molecule has 125 valence electrons. The summed E-state index contributed by atoms with van der Waals surface area (Å²) in [4.78, 5) is 0. The third-order valence-corrected chi connectivity index (χ3v) is 2.12. The Labute approximate surface area is 135 Å². The molecule has 0 radical (unpaired) electrons. The van der Waals surface area contributed by atoms with E-state index in [1.807, 2.05) is 0 Å². The molecule has 0 bridgehead atoms. The van der Waals surface area contributed by atoms with Crippen molar-refractivity contribution in [1.82, 2.24) is 0 Å². The van der Waals surface area contributed by atoms with Crippen molar-refractivity contribution in [2.75, 3.05) is 19.8 Å². The molecule has 0 spiro atoms. The Bertz CT molecular complexity index is 118. The van der Waals surface area contributed by atoms with Crippen molar-refractivity contribution in [3.63, 3.8) is 0 Å². The van der Waals surface area contributed by atoms with Crippen LogP contribution in [0.25, 0.3) is 0 Å². The van der Waals surface area contributed by atoms with Crippen LogP contribution >= 0.6 is 0 Å².